The summed E-state index contributed by atoms with van der Waals surface area (Å²) in [6, 6.07) is 4.38. The van der Waals surface area contributed by atoms with E-state index in [1.807, 2.05) is 19.3 Å². The third-order valence-corrected chi connectivity index (χ3v) is 3.48. The average Bonchev–Trinajstić information content (AvgIpc) is 2.70. The monoisotopic (exact) mass is 264 g/mol. The molecule has 2 heterocycles. The van der Waals surface area contributed by atoms with E-state index in [4.69, 9.17) is 0 Å². The molecule has 1 aliphatic rings. The predicted molar refractivity (Wildman–Crippen MR) is 77.3 cm³/mol. The Morgan fingerprint density at radius 2 is 2.32 bits per heavy atom. The van der Waals surface area contributed by atoms with Crippen molar-refractivity contribution in [3.05, 3.63) is 23.9 Å². The average molecular weight is 264 g/mol. The maximum Gasteiger partial charge on any atom is 0.133 e. The Bertz CT molecular complexity index is 410. The minimum absolute atomic E-state index is 0.255. The van der Waals surface area contributed by atoms with E-state index in [0.717, 1.165) is 25.3 Å². The molecule has 106 valence electrons. The molecule has 0 bridgehead atoms. The Morgan fingerprint density at radius 3 is 3.00 bits per heavy atom. The summed E-state index contributed by atoms with van der Waals surface area (Å²) in [4.78, 5) is 8.94. The number of aliphatic hydroxyl groups is 1. The third kappa shape index (κ3) is 3.43. The molecule has 1 saturated heterocycles. The quantitative estimate of drug-likeness (QED) is 0.801. The second kappa shape index (κ2) is 6.32. The molecule has 0 radical (unpaired) electrons. The van der Waals surface area contributed by atoms with Crippen LogP contribution >= 0.6 is 0 Å². The van der Waals surface area contributed by atoms with Gasteiger partial charge in [0.05, 0.1) is 6.10 Å². The van der Waals surface area contributed by atoms with Crippen LogP contribution in [0.1, 0.15) is 12.0 Å². The highest BCUT2D eigenvalue weighted by molar-refractivity contribution is 5.49. The maximum atomic E-state index is 9.96. The van der Waals surface area contributed by atoms with E-state index in [2.05, 4.69) is 40.3 Å². The highest BCUT2D eigenvalue weighted by Crippen LogP contribution is 2.27. The van der Waals surface area contributed by atoms with Gasteiger partial charge in [-0.1, -0.05) is 6.07 Å². The van der Waals surface area contributed by atoms with Crippen LogP contribution in [-0.2, 0) is 6.54 Å². The van der Waals surface area contributed by atoms with Gasteiger partial charge in [0, 0.05) is 37.4 Å². The van der Waals surface area contributed by atoms with Crippen molar-refractivity contribution < 1.29 is 5.11 Å². The number of hydrogen-bond donors (Lipinski definition) is 2. The molecule has 2 rings (SSSR count). The van der Waals surface area contributed by atoms with Crippen LogP contribution in [0.3, 0.4) is 0 Å². The van der Waals surface area contributed by atoms with Crippen LogP contribution in [0, 0.1) is 0 Å². The number of likely N-dealkylation sites (N-methyl/N-ethyl adjacent to an activating group) is 1. The minimum Gasteiger partial charge on any atom is -0.391 e. The van der Waals surface area contributed by atoms with Crippen LogP contribution < -0.4 is 10.2 Å². The molecule has 0 aromatic carbocycles. The Balaban J connectivity index is 2.23. The van der Waals surface area contributed by atoms with Gasteiger partial charge >= 0.3 is 0 Å². The normalized spacial score (nSPS) is 23.3. The summed E-state index contributed by atoms with van der Waals surface area (Å²) in [5.74, 6) is 1.00. The topological polar surface area (TPSA) is 51.6 Å². The lowest BCUT2D eigenvalue weighted by Gasteiger charge is -2.29. The molecular weight excluding hydrogens is 240 g/mol. The van der Waals surface area contributed by atoms with E-state index in [1.165, 1.54) is 5.56 Å². The number of anilines is 1. The largest absolute Gasteiger partial charge is 0.391 e. The van der Waals surface area contributed by atoms with Crippen LogP contribution in [0.25, 0.3) is 0 Å². The van der Waals surface area contributed by atoms with Crippen molar-refractivity contribution >= 4 is 5.82 Å². The highest BCUT2D eigenvalue weighted by atomic mass is 16.3. The zero-order chi connectivity index (χ0) is 13.8. The van der Waals surface area contributed by atoms with Crippen molar-refractivity contribution in [3.8, 4) is 0 Å². The van der Waals surface area contributed by atoms with Crippen molar-refractivity contribution in [2.45, 2.75) is 25.1 Å². The van der Waals surface area contributed by atoms with Crippen LogP contribution in [0.5, 0.6) is 0 Å². The van der Waals surface area contributed by atoms with Crippen LogP contribution in [0.2, 0.25) is 0 Å². The summed E-state index contributed by atoms with van der Waals surface area (Å²) in [6.45, 7) is 2.41. The van der Waals surface area contributed by atoms with Crippen molar-refractivity contribution in [3.63, 3.8) is 0 Å². The number of aliphatic hydroxyl groups excluding tert-OH is 1. The number of rotatable bonds is 5. The molecule has 1 aliphatic heterocycles. The Morgan fingerprint density at radius 1 is 1.53 bits per heavy atom. The molecule has 0 saturated carbocycles. The first-order valence-electron chi connectivity index (χ1n) is 6.79. The van der Waals surface area contributed by atoms with Crippen molar-refractivity contribution in [2.75, 3.05) is 39.1 Å². The molecule has 1 fully saturated rings. The van der Waals surface area contributed by atoms with Crippen LogP contribution in [0.4, 0.5) is 5.82 Å². The summed E-state index contributed by atoms with van der Waals surface area (Å²) < 4.78 is 0. The molecule has 19 heavy (non-hydrogen) atoms. The zero-order valence-corrected chi connectivity index (χ0v) is 12.0. The van der Waals surface area contributed by atoms with Gasteiger partial charge in [-0.3, -0.25) is 0 Å². The number of β-amino-alcohol motifs (C(OH)–C–C–N with tert-alkyl or cyclic N) is 1. The lowest BCUT2D eigenvalue weighted by atomic mass is 10.1. The van der Waals surface area contributed by atoms with E-state index in [-0.39, 0.29) is 6.10 Å². The summed E-state index contributed by atoms with van der Waals surface area (Å²) in [5, 5.41) is 13.1. The molecule has 0 aliphatic carbocycles. The van der Waals surface area contributed by atoms with E-state index >= 15 is 0 Å². The van der Waals surface area contributed by atoms with Gasteiger partial charge in [0.15, 0.2) is 0 Å². The smallest absolute Gasteiger partial charge is 0.133 e. The molecule has 5 heteroatoms. The van der Waals surface area contributed by atoms with Gasteiger partial charge in [-0.25, -0.2) is 4.98 Å². The molecule has 0 amide bonds. The molecule has 2 N–H and O–H groups in total. The first-order chi connectivity index (χ1) is 9.11. The summed E-state index contributed by atoms with van der Waals surface area (Å²) in [5.41, 5.74) is 1.18. The van der Waals surface area contributed by atoms with E-state index in [1.54, 1.807) is 0 Å². The van der Waals surface area contributed by atoms with E-state index in [9.17, 15) is 5.11 Å². The van der Waals surface area contributed by atoms with Crippen molar-refractivity contribution in [2.24, 2.45) is 0 Å². The Kier molecular flexibility index (Phi) is 4.74. The number of aromatic nitrogens is 1. The number of nitrogens with one attached hydrogen (secondary N) is 1. The van der Waals surface area contributed by atoms with Gasteiger partial charge in [-0.05, 0) is 33.6 Å². The lowest BCUT2D eigenvalue weighted by molar-refractivity contribution is 0.191. The van der Waals surface area contributed by atoms with Gasteiger partial charge in [-0.2, -0.15) is 0 Å². The SMILES string of the molecule is CNCc1cccnc1N1CC(O)CC1CN(C)C. The fraction of sp³-hybridized carbons (Fsp3) is 0.643. The summed E-state index contributed by atoms with van der Waals surface area (Å²) in [6.07, 6.45) is 2.38. The minimum atomic E-state index is -0.255. The van der Waals surface area contributed by atoms with Gasteiger partial charge in [-0.15, -0.1) is 0 Å². The number of nitrogens with zero attached hydrogens (tertiary/aromatic N) is 3. The second-order valence-corrected chi connectivity index (χ2v) is 5.47. The molecular formula is C14H24N4O. The van der Waals surface area contributed by atoms with Crippen molar-refractivity contribution in [1.82, 2.24) is 15.2 Å². The number of hydrogen-bond acceptors (Lipinski definition) is 5. The first-order valence-corrected chi connectivity index (χ1v) is 6.79. The molecule has 2 atom stereocenters. The Labute approximate surface area is 115 Å². The highest BCUT2D eigenvalue weighted by Gasteiger charge is 2.32. The summed E-state index contributed by atoms with van der Waals surface area (Å²) >= 11 is 0. The molecule has 0 spiro atoms. The fourth-order valence-electron chi connectivity index (χ4n) is 2.76. The van der Waals surface area contributed by atoms with Gasteiger partial charge in [0.2, 0.25) is 0 Å². The predicted octanol–water partition coefficient (Wildman–Crippen LogP) is 0.302. The van der Waals surface area contributed by atoms with Gasteiger partial charge in [0.25, 0.3) is 0 Å². The molecule has 5 nitrogen and oxygen atoms in total. The van der Waals surface area contributed by atoms with Crippen LogP contribution in [0.15, 0.2) is 18.3 Å². The van der Waals surface area contributed by atoms with E-state index in [0.29, 0.717) is 12.6 Å². The zero-order valence-electron chi connectivity index (χ0n) is 12.0. The first kappa shape index (κ1) is 14.2. The van der Waals surface area contributed by atoms with E-state index < -0.39 is 0 Å². The maximum absolute atomic E-state index is 9.96. The van der Waals surface area contributed by atoms with Crippen molar-refractivity contribution in [1.29, 1.82) is 0 Å². The third-order valence-electron chi connectivity index (χ3n) is 3.48. The molecule has 2 unspecified atom stereocenters. The summed E-state index contributed by atoms with van der Waals surface area (Å²) in [7, 11) is 6.07. The van der Waals surface area contributed by atoms with Gasteiger partial charge in [0.1, 0.15) is 5.82 Å². The second-order valence-electron chi connectivity index (χ2n) is 5.47. The molecule has 1 aromatic heterocycles. The van der Waals surface area contributed by atoms with Gasteiger partial charge < -0.3 is 20.2 Å². The van der Waals surface area contributed by atoms with Crippen LogP contribution in [-0.4, -0.2) is 61.4 Å². The standard InChI is InChI=1S/C14H24N4O/c1-15-8-11-5-4-6-16-14(11)18-10-13(19)7-12(18)9-17(2)3/h4-6,12-13,15,19H,7-10H2,1-3H3. The molecule has 1 aromatic rings. The lowest BCUT2D eigenvalue weighted by Crippen LogP contribution is -2.38. The Hall–Kier alpha value is -1.17. The fourth-order valence-corrected chi connectivity index (χ4v) is 2.76. The number of pyridine rings is 1.